The lowest BCUT2D eigenvalue weighted by atomic mass is 10.0. The second-order valence-electron chi connectivity index (χ2n) is 4.96. The molecule has 0 bridgehead atoms. The Bertz CT molecular complexity index is 514. The molecule has 1 heterocycles. The quantitative estimate of drug-likeness (QED) is 0.847. The third-order valence-corrected chi connectivity index (χ3v) is 3.53. The van der Waals surface area contributed by atoms with Crippen LogP contribution in [0.1, 0.15) is 34.5 Å². The standard InChI is InChI=1S/C15H22N2O.ClH/c1-11-7-6-8-12(2)14(11)16-15(18)13-9-4-5-10-17(13)3;/h6-8,13H,4-5,9-10H2,1-3H3,(H,16,18);1H/i3+1D3;. The van der Waals surface area contributed by atoms with E-state index in [-0.39, 0.29) is 18.3 Å². The van der Waals surface area contributed by atoms with Gasteiger partial charge in [-0.1, -0.05) is 24.6 Å². The van der Waals surface area contributed by atoms with Gasteiger partial charge in [0.05, 0.1) is 6.04 Å². The molecule has 1 unspecified atom stereocenters. The first-order chi connectivity index (χ1) is 9.80. The van der Waals surface area contributed by atoms with Crippen LogP contribution in [0.15, 0.2) is 18.2 Å². The van der Waals surface area contributed by atoms with Gasteiger partial charge in [0.2, 0.25) is 5.91 Å². The second-order valence-corrected chi connectivity index (χ2v) is 4.96. The lowest BCUT2D eigenvalue weighted by molar-refractivity contribution is -0.121. The zero-order valence-corrected chi connectivity index (χ0v) is 12.2. The Labute approximate surface area is 126 Å². The van der Waals surface area contributed by atoms with Gasteiger partial charge in [0.1, 0.15) is 0 Å². The van der Waals surface area contributed by atoms with Crippen LogP contribution in [0.4, 0.5) is 5.69 Å². The minimum absolute atomic E-state index is 0. The lowest BCUT2D eigenvalue weighted by Gasteiger charge is -2.31. The first-order valence-corrected chi connectivity index (χ1v) is 6.44. The first-order valence-electron chi connectivity index (χ1n) is 7.94. The number of hydrogen-bond acceptors (Lipinski definition) is 2. The number of anilines is 1. The molecule has 4 heteroatoms. The summed E-state index contributed by atoms with van der Waals surface area (Å²) in [5.74, 6) is -0.219. The number of amides is 1. The molecule has 1 aliphatic rings. The van der Waals surface area contributed by atoms with Crippen molar-refractivity contribution in [2.24, 2.45) is 0 Å². The van der Waals surface area contributed by atoms with Crippen molar-refractivity contribution in [2.75, 3.05) is 18.8 Å². The van der Waals surface area contributed by atoms with Crippen molar-refractivity contribution in [2.45, 2.75) is 39.2 Å². The van der Waals surface area contributed by atoms with Gasteiger partial charge >= 0.3 is 0 Å². The third-order valence-electron chi connectivity index (χ3n) is 3.53. The summed E-state index contributed by atoms with van der Waals surface area (Å²) in [4.78, 5) is 13.9. The number of carbonyl (C=O) groups excluding carboxylic acids is 1. The molecule has 1 saturated heterocycles. The zero-order chi connectivity index (χ0) is 15.6. The number of likely N-dealkylation sites (tertiary alicyclic amines) is 1. The molecule has 2 rings (SSSR count). The van der Waals surface area contributed by atoms with Crippen LogP contribution in [0.3, 0.4) is 0 Å². The number of para-hydroxylation sites is 1. The Morgan fingerprint density at radius 1 is 1.37 bits per heavy atom. The molecule has 0 aliphatic carbocycles. The van der Waals surface area contributed by atoms with Crippen molar-refractivity contribution >= 4 is 24.0 Å². The van der Waals surface area contributed by atoms with Gasteiger partial charge in [-0.05, 0) is 51.3 Å². The molecule has 1 aromatic carbocycles. The maximum atomic E-state index is 12.5. The number of likely N-dealkylation sites (N-methyl/N-ethyl adjacent to an activating group) is 1. The predicted octanol–water partition coefficient (Wildman–Crippen LogP) is 3.15. The summed E-state index contributed by atoms with van der Waals surface area (Å²) in [6.07, 6.45) is 2.30. The monoisotopic (exact) mass is 286 g/mol. The van der Waals surface area contributed by atoms with Gasteiger partial charge in [-0.15, -0.1) is 12.4 Å². The van der Waals surface area contributed by atoms with Crippen LogP contribution in [0, 0.1) is 13.8 Å². The molecule has 1 atom stereocenters. The highest BCUT2D eigenvalue weighted by molar-refractivity contribution is 5.96. The van der Waals surface area contributed by atoms with Crippen LogP contribution in [0.2, 0.25) is 0 Å². The van der Waals surface area contributed by atoms with E-state index in [1.807, 2.05) is 32.0 Å². The van der Waals surface area contributed by atoms with Crippen LogP contribution < -0.4 is 5.32 Å². The number of nitrogens with one attached hydrogen (secondary N) is 1. The highest BCUT2D eigenvalue weighted by Gasteiger charge is 2.26. The van der Waals surface area contributed by atoms with Gasteiger partial charge < -0.3 is 5.32 Å². The van der Waals surface area contributed by atoms with Gasteiger partial charge in [-0.3, -0.25) is 9.69 Å². The van der Waals surface area contributed by atoms with E-state index in [0.717, 1.165) is 29.7 Å². The highest BCUT2D eigenvalue weighted by atomic mass is 35.5. The van der Waals surface area contributed by atoms with Crippen molar-refractivity contribution < 1.29 is 8.91 Å². The normalized spacial score (nSPS) is 22.6. The van der Waals surface area contributed by atoms with E-state index in [0.29, 0.717) is 13.0 Å². The summed E-state index contributed by atoms with van der Waals surface area (Å²) in [6.45, 7) is 2.10. The van der Waals surface area contributed by atoms with Gasteiger partial charge in [0.25, 0.3) is 0 Å². The van der Waals surface area contributed by atoms with Gasteiger partial charge in [-0.2, -0.15) is 0 Å². The number of piperidine rings is 1. The van der Waals surface area contributed by atoms with Gasteiger partial charge in [-0.25, -0.2) is 0 Å². The number of aryl methyl sites for hydroxylation is 2. The molecular weight excluding hydrogens is 261 g/mol. The molecule has 1 aromatic rings. The first kappa shape index (κ1) is 11.7. The molecule has 1 N–H and O–H groups in total. The minimum Gasteiger partial charge on any atom is -0.324 e. The average molecular weight is 287 g/mol. The van der Waals surface area contributed by atoms with Gasteiger partial charge in [0.15, 0.2) is 0 Å². The van der Waals surface area contributed by atoms with Crippen molar-refractivity contribution in [1.82, 2.24) is 4.90 Å². The molecule has 0 radical (unpaired) electrons. The smallest absolute Gasteiger partial charge is 0.241 e. The summed E-state index contributed by atoms with van der Waals surface area (Å²) in [6, 6.07) is 5.23. The number of halogens is 1. The highest BCUT2D eigenvalue weighted by Crippen LogP contribution is 2.22. The predicted molar refractivity (Wildman–Crippen MR) is 82.1 cm³/mol. The summed E-state index contributed by atoms with van der Waals surface area (Å²) in [5.41, 5.74) is 2.76. The minimum atomic E-state index is -2.22. The summed E-state index contributed by atoms with van der Waals surface area (Å²) >= 11 is 0. The number of benzene rings is 1. The topological polar surface area (TPSA) is 32.3 Å². The Morgan fingerprint density at radius 2 is 2.05 bits per heavy atom. The van der Waals surface area contributed by atoms with Crippen molar-refractivity contribution in [3.63, 3.8) is 0 Å². The van der Waals surface area contributed by atoms with Crippen molar-refractivity contribution in [3.05, 3.63) is 29.3 Å². The van der Waals surface area contributed by atoms with Crippen molar-refractivity contribution in [3.8, 4) is 0 Å². The summed E-state index contributed by atoms with van der Waals surface area (Å²) < 4.78 is 22.8. The number of carbonyl (C=O) groups is 1. The largest absolute Gasteiger partial charge is 0.324 e. The third kappa shape index (κ3) is 3.71. The van der Waals surface area contributed by atoms with E-state index in [9.17, 15) is 4.79 Å². The van der Waals surface area contributed by atoms with Crippen LogP contribution in [-0.2, 0) is 4.79 Å². The van der Waals surface area contributed by atoms with Crippen molar-refractivity contribution in [1.29, 1.82) is 0 Å². The fourth-order valence-electron chi connectivity index (χ4n) is 2.42. The SMILES string of the molecule is Cl.[2H][13C]([2H])([2H])N1CCCCC1C(=O)Nc1c(C)cccc1C. The number of rotatable bonds is 2. The summed E-state index contributed by atoms with van der Waals surface area (Å²) in [5, 5.41) is 2.92. The molecule has 1 aliphatic heterocycles. The number of nitrogens with zero attached hydrogens (tertiary/aromatic N) is 1. The van der Waals surface area contributed by atoms with E-state index in [1.165, 1.54) is 4.90 Å². The molecule has 0 spiro atoms. The Kier molecular flexibility index (Phi) is 4.28. The van der Waals surface area contributed by atoms with Crippen LogP contribution in [0.5, 0.6) is 0 Å². The molecule has 0 saturated carbocycles. The fourth-order valence-corrected chi connectivity index (χ4v) is 2.42. The Morgan fingerprint density at radius 3 is 2.68 bits per heavy atom. The van der Waals surface area contributed by atoms with E-state index >= 15 is 0 Å². The van der Waals surface area contributed by atoms with Crippen LogP contribution in [-0.4, -0.2) is 30.4 Å². The van der Waals surface area contributed by atoms with E-state index in [2.05, 4.69) is 5.32 Å². The summed E-state index contributed by atoms with van der Waals surface area (Å²) in [7, 11) is 0. The molecule has 1 fully saturated rings. The van der Waals surface area contributed by atoms with E-state index < -0.39 is 13.0 Å². The molecular formula is C15H23ClN2O. The molecule has 106 valence electrons. The van der Waals surface area contributed by atoms with E-state index in [4.69, 9.17) is 4.11 Å². The van der Waals surface area contributed by atoms with Crippen LogP contribution >= 0.6 is 12.4 Å². The molecule has 0 aromatic heterocycles. The lowest BCUT2D eigenvalue weighted by Crippen LogP contribution is -2.44. The average Bonchev–Trinajstić information content (AvgIpc) is 2.42. The fraction of sp³-hybridized carbons (Fsp3) is 0.533. The maximum absolute atomic E-state index is 12.5. The second kappa shape index (κ2) is 6.92. The Balaban J connectivity index is 0.00000242. The number of hydrogen-bond donors (Lipinski definition) is 1. The molecule has 1 amide bonds. The Hall–Kier alpha value is -1.06. The zero-order valence-electron chi connectivity index (χ0n) is 14.4. The molecule has 3 nitrogen and oxygen atoms in total. The van der Waals surface area contributed by atoms with Crippen LogP contribution in [0.25, 0.3) is 0 Å². The van der Waals surface area contributed by atoms with E-state index in [1.54, 1.807) is 0 Å². The van der Waals surface area contributed by atoms with Gasteiger partial charge in [0, 0.05) is 9.80 Å². The molecule has 19 heavy (non-hydrogen) atoms. The maximum Gasteiger partial charge on any atom is 0.241 e.